The van der Waals surface area contributed by atoms with Gasteiger partial charge in [-0.05, 0) is 35.0 Å². The second-order valence-electron chi connectivity index (χ2n) is 10.1. The highest BCUT2D eigenvalue weighted by atomic mass is 35.5. The van der Waals surface area contributed by atoms with Crippen molar-refractivity contribution < 1.29 is 27.5 Å². The highest BCUT2D eigenvalue weighted by Crippen LogP contribution is 2.30. The molecule has 2 aromatic heterocycles. The first-order valence-electron chi connectivity index (χ1n) is 13.0. The van der Waals surface area contributed by atoms with Crippen LogP contribution in [0.5, 0.6) is 0 Å². The fraction of sp³-hybridized carbons (Fsp3) is 0.214. The number of benzene rings is 2. The van der Waals surface area contributed by atoms with Gasteiger partial charge in [-0.25, -0.2) is 18.4 Å². The van der Waals surface area contributed by atoms with E-state index in [4.69, 9.17) is 23.1 Å². The number of halogens is 1. The van der Waals surface area contributed by atoms with Gasteiger partial charge in [-0.2, -0.15) is 9.04 Å². The van der Waals surface area contributed by atoms with Crippen LogP contribution in [0.1, 0.15) is 23.2 Å². The Bertz CT molecular complexity index is 1790. The number of fused-ring (bicyclic) bond motifs is 1. The van der Waals surface area contributed by atoms with E-state index in [1.165, 1.54) is 54.0 Å². The van der Waals surface area contributed by atoms with E-state index in [2.05, 4.69) is 9.97 Å². The predicted molar refractivity (Wildman–Crippen MR) is 156 cm³/mol. The lowest BCUT2D eigenvalue weighted by atomic mass is 10.0. The molecule has 2 atom stereocenters. The summed E-state index contributed by atoms with van der Waals surface area (Å²) >= 11 is 6.06. The second-order valence-corrected chi connectivity index (χ2v) is 12.5. The van der Waals surface area contributed by atoms with Gasteiger partial charge in [-0.1, -0.05) is 23.7 Å². The van der Waals surface area contributed by atoms with Gasteiger partial charge in [-0.15, -0.1) is 0 Å². The van der Waals surface area contributed by atoms with Crippen molar-refractivity contribution in [2.45, 2.75) is 29.8 Å². The summed E-state index contributed by atoms with van der Waals surface area (Å²) in [5.74, 6) is -1.91. The van der Waals surface area contributed by atoms with E-state index < -0.39 is 39.8 Å². The Morgan fingerprint density at radius 1 is 0.907 bits per heavy atom. The minimum atomic E-state index is -4.14. The van der Waals surface area contributed by atoms with E-state index in [9.17, 15) is 28.0 Å². The number of carbonyl (C=O) groups excluding carboxylic acids is 3. The summed E-state index contributed by atoms with van der Waals surface area (Å²) in [6.45, 7) is -0.522. The topological polar surface area (TPSA) is 197 Å². The van der Waals surface area contributed by atoms with E-state index in [1.807, 2.05) is 0 Å². The average Bonchev–Trinajstić information content (AvgIpc) is 2.96. The first-order valence-corrected chi connectivity index (χ1v) is 14.8. The molecule has 1 aliphatic rings. The number of hydrogen-bond donors (Lipinski definition) is 2. The van der Waals surface area contributed by atoms with Crippen LogP contribution < -0.4 is 16.2 Å². The molecule has 0 radical (unpaired) electrons. The van der Waals surface area contributed by atoms with Crippen LogP contribution in [0.15, 0.2) is 78.2 Å². The molecule has 0 spiro atoms. The zero-order valence-corrected chi connectivity index (χ0v) is 24.1. The number of primary amides is 2. The van der Waals surface area contributed by atoms with E-state index in [1.54, 1.807) is 24.3 Å². The summed E-state index contributed by atoms with van der Waals surface area (Å²) in [6.07, 6.45) is 4.36. The summed E-state index contributed by atoms with van der Waals surface area (Å²) in [6, 6.07) is 10.6. The molecule has 3 heterocycles. The number of piperazine rings is 1. The van der Waals surface area contributed by atoms with Crippen LogP contribution in [0, 0.1) is 5.21 Å². The highest BCUT2D eigenvalue weighted by molar-refractivity contribution is 7.89. The number of nitrogens with two attached hydrogens (primary N) is 2. The third kappa shape index (κ3) is 6.40. The van der Waals surface area contributed by atoms with Crippen molar-refractivity contribution in [2.24, 2.45) is 11.5 Å². The normalized spacial score (nSPS) is 17.6. The maximum Gasteiger partial charge on any atom is 0.257 e. The summed E-state index contributed by atoms with van der Waals surface area (Å²) in [7, 11) is -4.14. The SMILES string of the molecule is NC(=O)CC1CN(S(=O)(=O)c2ccc3cc(Cl)ccc3c2)CC(CC(N)=O)N1C(=O)c1cnc(-c2cc[n+]([O-])cc2)nc1. The lowest BCUT2D eigenvalue weighted by Crippen LogP contribution is -2.62. The van der Waals surface area contributed by atoms with Gasteiger partial charge in [0, 0.05) is 61.0 Å². The van der Waals surface area contributed by atoms with Crippen molar-refractivity contribution in [3.8, 4) is 11.4 Å². The van der Waals surface area contributed by atoms with Crippen molar-refractivity contribution in [1.82, 2.24) is 19.2 Å². The predicted octanol–water partition coefficient (Wildman–Crippen LogP) is 1.22. The molecule has 2 aromatic carbocycles. The van der Waals surface area contributed by atoms with Crippen LogP contribution in [0.2, 0.25) is 5.02 Å². The quantitative estimate of drug-likeness (QED) is 0.216. The van der Waals surface area contributed by atoms with Gasteiger partial charge < -0.3 is 21.6 Å². The maximum absolute atomic E-state index is 13.8. The summed E-state index contributed by atoms with van der Waals surface area (Å²) in [5, 5.41) is 13.2. The van der Waals surface area contributed by atoms with E-state index >= 15 is 0 Å². The van der Waals surface area contributed by atoms with E-state index in [0.29, 0.717) is 20.7 Å². The van der Waals surface area contributed by atoms with Crippen molar-refractivity contribution >= 4 is 50.1 Å². The summed E-state index contributed by atoms with van der Waals surface area (Å²) < 4.78 is 29.4. The Hall–Kier alpha value is -4.66. The Labute approximate surface area is 251 Å². The number of rotatable bonds is 8. The maximum atomic E-state index is 13.8. The first kappa shape index (κ1) is 29.8. The van der Waals surface area contributed by atoms with Crippen molar-refractivity contribution in [2.75, 3.05) is 13.1 Å². The fourth-order valence-electron chi connectivity index (χ4n) is 5.14. The molecule has 15 heteroatoms. The van der Waals surface area contributed by atoms with Crippen LogP contribution >= 0.6 is 11.6 Å². The zero-order valence-electron chi connectivity index (χ0n) is 22.5. The molecule has 4 N–H and O–H groups in total. The highest BCUT2D eigenvalue weighted by Gasteiger charge is 2.43. The van der Waals surface area contributed by atoms with Crippen LogP contribution in [0.4, 0.5) is 0 Å². The monoisotopic (exact) mass is 623 g/mol. The number of pyridine rings is 1. The number of carbonyl (C=O) groups is 3. The van der Waals surface area contributed by atoms with Crippen molar-refractivity contribution in [3.63, 3.8) is 0 Å². The minimum absolute atomic E-state index is 0.00912. The van der Waals surface area contributed by atoms with Crippen molar-refractivity contribution in [1.29, 1.82) is 0 Å². The van der Waals surface area contributed by atoms with Crippen LogP contribution in [0.25, 0.3) is 22.2 Å². The molecule has 0 aliphatic carbocycles. The molecule has 4 aromatic rings. The van der Waals surface area contributed by atoms with Gasteiger partial charge in [0.25, 0.3) is 5.91 Å². The molecular formula is C28H26ClN7O6S. The Morgan fingerprint density at radius 2 is 1.47 bits per heavy atom. The molecule has 1 aliphatic heterocycles. The Balaban J connectivity index is 1.47. The molecule has 222 valence electrons. The molecule has 1 fully saturated rings. The molecule has 43 heavy (non-hydrogen) atoms. The smallest absolute Gasteiger partial charge is 0.257 e. The number of nitrogens with zero attached hydrogens (tertiary/aromatic N) is 5. The summed E-state index contributed by atoms with van der Waals surface area (Å²) in [4.78, 5) is 47.7. The molecule has 0 bridgehead atoms. The fourth-order valence-corrected chi connectivity index (χ4v) is 6.87. The minimum Gasteiger partial charge on any atom is -0.619 e. The van der Waals surface area contributed by atoms with Crippen LogP contribution in [-0.4, -0.2) is 70.5 Å². The first-order chi connectivity index (χ1) is 20.4. The summed E-state index contributed by atoms with van der Waals surface area (Å²) in [5.41, 5.74) is 11.6. The standard InChI is InChI=1S/C28H26ClN7O6S/c29-21-3-1-19-10-24(4-2-18(19)9-21)43(41,42)35-15-22(11-25(30)37)36(23(16-35)12-26(31)38)28(39)20-13-32-27(33-14-20)17-5-7-34(40)8-6-17/h1-10,13-14,22-23H,11-12,15-16H2,(H2,30,37)(H2,31,38). The van der Waals surface area contributed by atoms with Gasteiger partial charge >= 0.3 is 0 Å². The van der Waals surface area contributed by atoms with E-state index in [0.717, 1.165) is 9.69 Å². The van der Waals surface area contributed by atoms with E-state index in [-0.39, 0.29) is 42.2 Å². The molecule has 2 unspecified atom stereocenters. The number of amides is 3. The number of sulfonamides is 1. The Kier molecular flexibility index (Phi) is 8.26. The third-order valence-electron chi connectivity index (χ3n) is 7.09. The Morgan fingerprint density at radius 3 is 2.05 bits per heavy atom. The molecule has 13 nitrogen and oxygen atoms in total. The second kappa shape index (κ2) is 11.9. The molecular weight excluding hydrogens is 598 g/mol. The van der Waals surface area contributed by atoms with Gasteiger partial charge in [0.05, 0.1) is 22.5 Å². The van der Waals surface area contributed by atoms with Gasteiger partial charge in [0.15, 0.2) is 18.2 Å². The molecule has 5 rings (SSSR count). The molecule has 3 amide bonds. The van der Waals surface area contributed by atoms with Gasteiger partial charge in [-0.3, -0.25) is 14.4 Å². The zero-order chi connectivity index (χ0) is 30.9. The van der Waals surface area contributed by atoms with Crippen molar-refractivity contribution in [3.05, 3.63) is 89.1 Å². The molecule has 1 saturated heterocycles. The van der Waals surface area contributed by atoms with Gasteiger partial charge in [0.2, 0.25) is 21.8 Å². The number of aromatic nitrogens is 3. The lowest BCUT2D eigenvalue weighted by molar-refractivity contribution is -0.605. The largest absolute Gasteiger partial charge is 0.619 e. The lowest BCUT2D eigenvalue weighted by Gasteiger charge is -2.45. The molecule has 0 saturated carbocycles. The van der Waals surface area contributed by atoms with Crippen LogP contribution in [-0.2, 0) is 19.6 Å². The average molecular weight is 624 g/mol. The van der Waals surface area contributed by atoms with Gasteiger partial charge in [0.1, 0.15) is 0 Å². The van der Waals surface area contributed by atoms with Crippen LogP contribution in [0.3, 0.4) is 0 Å². The third-order valence-corrected chi connectivity index (χ3v) is 9.16. The number of hydrogen-bond acceptors (Lipinski definition) is 8.